The molecule has 0 aliphatic carbocycles. The summed E-state index contributed by atoms with van der Waals surface area (Å²) in [5.41, 5.74) is 2.31. The number of rotatable bonds is 5. The third kappa shape index (κ3) is 3.28. The van der Waals surface area contributed by atoms with Crippen LogP contribution in [0.4, 0.5) is 11.6 Å². The van der Waals surface area contributed by atoms with E-state index in [2.05, 4.69) is 55.2 Å². The number of anilines is 2. The van der Waals surface area contributed by atoms with E-state index in [4.69, 9.17) is 0 Å². The Labute approximate surface area is 128 Å². The van der Waals surface area contributed by atoms with E-state index in [-0.39, 0.29) is 0 Å². The predicted octanol–water partition coefficient (Wildman–Crippen LogP) is 3.62. The summed E-state index contributed by atoms with van der Waals surface area (Å²) in [5.74, 6) is 1.85. The maximum absolute atomic E-state index is 4.41. The van der Waals surface area contributed by atoms with E-state index in [1.54, 1.807) is 6.33 Å². The lowest BCUT2D eigenvalue weighted by molar-refractivity contribution is 0.878. The fourth-order valence-corrected chi connectivity index (χ4v) is 2.54. The molecule has 106 valence electrons. The lowest BCUT2D eigenvalue weighted by Crippen LogP contribution is -2.20. The molecule has 0 fully saturated rings. The van der Waals surface area contributed by atoms with E-state index >= 15 is 0 Å². The van der Waals surface area contributed by atoms with Crippen molar-refractivity contribution in [2.45, 2.75) is 20.4 Å². The van der Waals surface area contributed by atoms with Crippen LogP contribution in [0.15, 0.2) is 35.1 Å². The van der Waals surface area contributed by atoms with E-state index in [1.165, 1.54) is 5.56 Å². The van der Waals surface area contributed by atoms with Gasteiger partial charge in [0.2, 0.25) is 0 Å². The smallest absolute Gasteiger partial charge is 0.137 e. The highest BCUT2D eigenvalue weighted by Crippen LogP contribution is 2.24. The number of aromatic nitrogens is 2. The van der Waals surface area contributed by atoms with Gasteiger partial charge in [0, 0.05) is 30.2 Å². The first-order chi connectivity index (χ1) is 9.63. The molecule has 2 aromatic rings. The minimum absolute atomic E-state index is 0.796. The first-order valence-electron chi connectivity index (χ1n) is 6.63. The first-order valence-corrected chi connectivity index (χ1v) is 7.42. The molecule has 0 saturated carbocycles. The maximum atomic E-state index is 4.41. The van der Waals surface area contributed by atoms with Crippen LogP contribution in [0.5, 0.6) is 0 Å². The summed E-state index contributed by atoms with van der Waals surface area (Å²) in [7, 11) is 2.05. The quantitative estimate of drug-likeness (QED) is 0.906. The highest BCUT2D eigenvalue weighted by molar-refractivity contribution is 9.10. The Bertz CT molecular complexity index is 586. The highest BCUT2D eigenvalue weighted by Gasteiger charge is 2.12. The molecule has 0 bridgehead atoms. The van der Waals surface area contributed by atoms with Crippen molar-refractivity contribution in [3.63, 3.8) is 0 Å². The summed E-state index contributed by atoms with van der Waals surface area (Å²) in [6.45, 7) is 5.76. The molecular formula is C15H19BrN4. The number of hydrogen-bond donors (Lipinski definition) is 1. The minimum atomic E-state index is 0.796. The van der Waals surface area contributed by atoms with Gasteiger partial charge in [-0.15, -0.1) is 0 Å². The zero-order valence-corrected chi connectivity index (χ0v) is 13.6. The number of halogens is 1. The van der Waals surface area contributed by atoms with Gasteiger partial charge in [-0.3, -0.25) is 0 Å². The van der Waals surface area contributed by atoms with Crippen LogP contribution in [0, 0.1) is 6.92 Å². The molecule has 2 rings (SSSR count). The van der Waals surface area contributed by atoms with Crippen molar-refractivity contribution in [3.8, 4) is 0 Å². The third-order valence-corrected chi connectivity index (χ3v) is 3.90. The molecule has 4 nitrogen and oxygen atoms in total. The average Bonchev–Trinajstić information content (AvgIpc) is 2.44. The lowest BCUT2D eigenvalue weighted by atomic mass is 10.2. The van der Waals surface area contributed by atoms with Crippen molar-refractivity contribution >= 4 is 27.6 Å². The normalized spacial score (nSPS) is 10.4. The monoisotopic (exact) mass is 334 g/mol. The molecule has 0 amide bonds. The van der Waals surface area contributed by atoms with Crippen molar-refractivity contribution < 1.29 is 0 Å². The Balaban J connectivity index is 2.23. The van der Waals surface area contributed by atoms with E-state index in [1.807, 2.05) is 26.1 Å². The first kappa shape index (κ1) is 14.8. The van der Waals surface area contributed by atoms with Crippen molar-refractivity contribution in [3.05, 3.63) is 46.2 Å². The molecule has 20 heavy (non-hydrogen) atoms. The summed E-state index contributed by atoms with van der Waals surface area (Å²) in [6.07, 6.45) is 1.61. The molecular weight excluding hydrogens is 316 g/mol. The van der Waals surface area contributed by atoms with E-state index in [9.17, 15) is 0 Å². The Kier molecular flexibility index (Phi) is 4.95. The Morgan fingerprint density at radius 3 is 2.70 bits per heavy atom. The molecule has 0 aliphatic heterocycles. The fraction of sp³-hybridized carbons (Fsp3) is 0.333. The Morgan fingerprint density at radius 1 is 1.25 bits per heavy atom. The highest BCUT2D eigenvalue weighted by atomic mass is 79.9. The SMILES string of the molecule is CCNc1ncnc(N(C)Cc2ccccc2Br)c1C. The van der Waals surface area contributed by atoms with Gasteiger partial charge in [0.05, 0.1) is 0 Å². The van der Waals surface area contributed by atoms with Crippen LogP contribution in [-0.4, -0.2) is 23.6 Å². The molecule has 0 saturated heterocycles. The molecule has 0 unspecified atom stereocenters. The summed E-state index contributed by atoms with van der Waals surface area (Å²) in [6, 6.07) is 8.24. The van der Waals surface area contributed by atoms with Gasteiger partial charge in [-0.1, -0.05) is 34.1 Å². The van der Waals surface area contributed by atoms with E-state index in [0.717, 1.165) is 34.8 Å². The van der Waals surface area contributed by atoms with Crippen LogP contribution < -0.4 is 10.2 Å². The lowest BCUT2D eigenvalue weighted by Gasteiger charge is -2.21. The molecule has 0 radical (unpaired) electrons. The Hall–Kier alpha value is -1.62. The van der Waals surface area contributed by atoms with Gasteiger partial charge >= 0.3 is 0 Å². The zero-order valence-electron chi connectivity index (χ0n) is 12.0. The topological polar surface area (TPSA) is 41.1 Å². The van der Waals surface area contributed by atoms with E-state index < -0.39 is 0 Å². The van der Waals surface area contributed by atoms with Crippen molar-refractivity contribution in [2.24, 2.45) is 0 Å². The van der Waals surface area contributed by atoms with Crippen molar-refractivity contribution in [1.29, 1.82) is 0 Å². The second kappa shape index (κ2) is 6.70. The Morgan fingerprint density at radius 2 is 2.00 bits per heavy atom. The van der Waals surface area contributed by atoms with Gasteiger partial charge in [-0.05, 0) is 25.5 Å². The largest absolute Gasteiger partial charge is 0.370 e. The van der Waals surface area contributed by atoms with Crippen LogP contribution >= 0.6 is 15.9 Å². The number of nitrogens with zero attached hydrogens (tertiary/aromatic N) is 3. The predicted molar refractivity (Wildman–Crippen MR) is 87.2 cm³/mol. The summed E-state index contributed by atoms with van der Waals surface area (Å²) in [5, 5.41) is 3.26. The molecule has 1 heterocycles. The van der Waals surface area contributed by atoms with Crippen LogP contribution in [0.3, 0.4) is 0 Å². The fourth-order valence-electron chi connectivity index (χ4n) is 2.13. The van der Waals surface area contributed by atoms with Crippen LogP contribution in [-0.2, 0) is 6.54 Å². The average molecular weight is 335 g/mol. The van der Waals surface area contributed by atoms with Crippen LogP contribution in [0.25, 0.3) is 0 Å². The number of hydrogen-bond acceptors (Lipinski definition) is 4. The van der Waals surface area contributed by atoms with Gasteiger partial charge in [0.1, 0.15) is 18.0 Å². The van der Waals surface area contributed by atoms with Crippen LogP contribution in [0.2, 0.25) is 0 Å². The molecule has 1 aromatic carbocycles. The number of benzene rings is 1. The van der Waals surface area contributed by atoms with Crippen LogP contribution in [0.1, 0.15) is 18.1 Å². The molecule has 1 N–H and O–H groups in total. The standard InChI is InChI=1S/C15H19BrN4/c1-4-17-14-11(2)15(19-10-18-14)20(3)9-12-7-5-6-8-13(12)16/h5-8,10H,4,9H2,1-3H3,(H,17,18,19). The molecule has 0 aliphatic rings. The third-order valence-electron chi connectivity index (χ3n) is 3.13. The van der Waals surface area contributed by atoms with Crippen molar-refractivity contribution in [1.82, 2.24) is 9.97 Å². The second-order valence-electron chi connectivity index (χ2n) is 4.65. The maximum Gasteiger partial charge on any atom is 0.137 e. The van der Waals surface area contributed by atoms with E-state index in [0.29, 0.717) is 0 Å². The van der Waals surface area contributed by atoms with Gasteiger partial charge in [-0.2, -0.15) is 0 Å². The van der Waals surface area contributed by atoms with Gasteiger partial charge < -0.3 is 10.2 Å². The van der Waals surface area contributed by atoms with Gasteiger partial charge in [0.15, 0.2) is 0 Å². The summed E-state index contributed by atoms with van der Waals surface area (Å²) in [4.78, 5) is 10.8. The van der Waals surface area contributed by atoms with Gasteiger partial charge in [0.25, 0.3) is 0 Å². The molecule has 0 spiro atoms. The van der Waals surface area contributed by atoms with Gasteiger partial charge in [-0.25, -0.2) is 9.97 Å². The number of nitrogens with one attached hydrogen (secondary N) is 1. The summed E-state index contributed by atoms with van der Waals surface area (Å²) < 4.78 is 1.12. The minimum Gasteiger partial charge on any atom is -0.370 e. The van der Waals surface area contributed by atoms with Crippen molar-refractivity contribution in [2.75, 3.05) is 23.8 Å². The molecule has 1 aromatic heterocycles. The summed E-state index contributed by atoms with van der Waals surface area (Å²) >= 11 is 3.58. The second-order valence-corrected chi connectivity index (χ2v) is 5.50. The molecule has 5 heteroatoms. The molecule has 0 atom stereocenters. The zero-order chi connectivity index (χ0) is 14.5.